The summed E-state index contributed by atoms with van der Waals surface area (Å²) in [5, 5.41) is 0. The van der Waals surface area contributed by atoms with Crippen LogP contribution in [0, 0.1) is 0 Å². The molecule has 5 heteroatoms. The third-order valence-electron chi connectivity index (χ3n) is 3.16. The number of sulfone groups is 1. The summed E-state index contributed by atoms with van der Waals surface area (Å²) in [6, 6.07) is 14.0. The molecule has 102 valence electrons. The standard InChI is InChI=1S/C15H13NO3S/c16-14-7-4-8-15-13(14)9-12(20(15,17)18)10-19-11-5-2-1-3-6-11/h1-9H,10,16H2. The molecular weight excluding hydrogens is 274 g/mol. The van der Waals surface area contributed by atoms with Gasteiger partial charge >= 0.3 is 0 Å². The van der Waals surface area contributed by atoms with E-state index in [0.717, 1.165) is 0 Å². The van der Waals surface area contributed by atoms with Gasteiger partial charge in [-0.25, -0.2) is 8.42 Å². The number of benzene rings is 2. The van der Waals surface area contributed by atoms with Gasteiger partial charge in [0.1, 0.15) is 12.4 Å². The second kappa shape index (κ2) is 4.68. The van der Waals surface area contributed by atoms with Crippen LogP contribution in [0.25, 0.3) is 6.08 Å². The predicted molar refractivity (Wildman–Crippen MR) is 78.0 cm³/mol. The molecule has 2 aromatic carbocycles. The fourth-order valence-corrected chi connectivity index (χ4v) is 3.61. The number of para-hydroxylation sites is 1. The Bertz CT molecular complexity index is 780. The molecule has 1 aliphatic heterocycles. The third kappa shape index (κ3) is 2.06. The molecule has 2 N–H and O–H groups in total. The number of hydrogen-bond acceptors (Lipinski definition) is 4. The molecule has 0 bridgehead atoms. The highest BCUT2D eigenvalue weighted by Gasteiger charge is 2.30. The summed E-state index contributed by atoms with van der Waals surface area (Å²) in [5.41, 5.74) is 6.83. The summed E-state index contributed by atoms with van der Waals surface area (Å²) in [7, 11) is -3.48. The minimum Gasteiger partial charge on any atom is -0.488 e. The molecule has 0 aromatic heterocycles. The lowest BCUT2D eigenvalue weighted by molar-refractivity contribution is 0.359. The molecule has 1 aliphatic rings. The van der Waals surface area contributed by atoms with Crippen molar-refractivity contribution in [3.8, 4) is 5.75 Å². The van der Waals surface area contributed by atoms with Gasteiger partial charge in [-0.1, -0.05) is 24.3 Å². The highest BCUT2D eigenvalue weighted by Crippen LogP contribution is 2.36. The van der Waals surface area contributed by atoms with Gasteiger partial charge < -0.3 is 10.5 Å². The van der Waals surface area contributed by atoms with E-state index in [1.807, 2.05) is 18.2 Å². The Morgan fingerprint density at radius 1 is 1.00 bits per heavy atom. The van der Waals surface area contributed by atoms with Crippen LogP contribution in [0.4, 0.5) is 5.69 Å². The van der Waals surface area contributed by atoms with Crippen molar-refractivity contribution in [2.45, 2.75) is 4.90 Å². The molecule has 0 spiro atoms. The number of nitrogens with two attached hydrogens (primary N) is 1. The SMILES string of the molecule is Nc1cccc2c1C=C(COc1ccccc1)S2(=O)=O. The van der Waals surface area contributed by atoms with Crippen LogP contribution in [0.3, 0.4) is 0 Å². The topological polar surface area (TPSA) is 69.4 Å². The van der Waals surface area contributed by atoms with E-state index in [0.29, 0.717) is 17.0 Å². The maximum Gasteiger partial charge on any atom is 0.206 e. The van der Waals surface area contributed by atoms with Gasteiger partial charge in [-0.3, -0.25) is 0 Å². The monoisotopic (exact) mass is 287 g/mol. The van der Waals surface area contributed by atoms with Crippen molar-refractivity contribution in [3.05, 3.63) is 59.0 Å². The number of anilines is 1. The van der Waals surface area contributed by atoms with Crippen molar-refractivity contribution < 1.29 is 13.2 Å². The molecule has 0 atom stereocenters. The molecule has 0 saturated carbocycles. The molecule has 0 fully saturated rings. The molecule has 2 aromatic rings. The highest BCUT2D eigenvalue weighted by atomic mass is 32.2. The smallest absolute Gasteiger partial charge is 0.206 e. The Labute approximate surface area is 117 Å². The van der Waals surface area contributed by atoms with E-state index < -0.39 is 9.84 Å². The van der Waals surface area contributed by atoms with Gasteiger partial charge in [0.25, 0.3) is 0 Å². The van der Waals surface area contributed by atoms with Crippen LogP contribution in [0.5, 0.6) is 5.75 Å². The van der Waals surface area contributed by atoms with Crippen LogP contribution in [0.1, 0.15) is 5.56 Å². The summed E-state index contributed by atoms with van der Waals surface area (Å²) in [5.74, 6) is 0.632. The minimum atomic E-state index is -3.48. The molecule has 0 saturated heterocycles. The van der Waals surface area contributed by atoms with Crippen molar-refractivity contribution >= 4 is 21.6 Å². The zero-order valence-electron chi connectivity index (χ0n) is 10.6. The fraction of sp³-hybridized carbons (Fsp3) is 0.0667. The average molecular weight is 287 g/mol. The van der Waals surface area contributed by atoms with Gasteiger partial charge in [-0.15, -0.1) is 0 Å². The Morgan fingerprint density at radius 2 is 1.75 bits per heavy atom. The normalized spacial score (nSPS) is 15.5. The predicted octanol–water partition coefficient (Wildman–Crippen LogP) is 2.48. The van der Waals surface area contributed by atoms with E-state index in [4.69, 9.17) is 10.5 Å². The molecule has 0 amide bonds. The fourth-order valence-electron chi connectivity index (χ4n) is 2.12. The van der Waals surface area contributed by atoms with Gasteiger partial charge in [0.2, 0.25) is 9.84 Å². The van der Waals surface area contributed by atoms with Crippen LogP contribution in [-0.4, -0.2) is 15.0 Å². The van der Waals surface area contributed by atoms with Gasteiger partial charge in [-0.2, -0.15) is 0 Å². The van der Waals surface area contributed by atoms with E-state index in [2.05, 4.69) is 0 Å². The maximum atomic E-state index is 12.4. The lowest BCUT2D eigenvalue weighted by Gasteiger charge is -2.07. The molecule has 0 unspecified atom stereocenters. The Hall–Kier alpha value is -2.27. The van der Waals surface area contributed by atoms with Crippen molar-refractivity contribution in [2.24, 2.45) is 0 Å². The third-order valence-corrected chi connectivity index (χ3v) is 5.03. The first kappa shape index (κ1) is 12.7. The molecule has 1 heterocycles. The van der Waals surface area contributed by atoms with Crippen molar-refractivity contribution in [2.75, 3.05) is 12.3 Å². The second-order valence-electron chi connectivity index (χ2n) is 4.47. The highest BCUT2D eigenvalue weighted by molar-refractivity contribution is 7.95. The number of rotatable bonds is 3. The van der Waals surface area contributed by atoms with Crippen LogP contribution < -0.4 is 10.5 Å². The molecule has 0 radical (unpaired) electrons. The zero-order valence-corrected chi connectivity index (χ0v) is 11.4. The van der Waals surface area contributed by atoms with E-state index in [1.165, 1.54) is 0 Å². The summed E-state index contributed by atoms with van der Waals surface area (Å²) in [6.45, 7) is 0.000463. The lowest BCUT2D eigenvalue weighted by atomic mass is 10.2. The van der Waals surface area contributed by atoms with Gasteiger partial charge in [0.05, 0.1) is 9.80 Å². The first-order valence-electron chi connectivity index (χ1n) is 6.11. The van der Waals surface area contributed by atoms with Crippen molar-refractivity contribution in [1.29, 1.82) is 0 Å². The van der Waals surface area contributed by atoms with Crippen LogP contribution in [0.2, 0.25) is 0 Å². The van der Waals surface area contributed by atoms with E-state index in [1.54, 1.807) is 36.4 Å². The first-order valence-corrected chi connectivity index (χ1v) is 7.59. The lowest BCUT2D eigenvalue weighted by Crippen LogP contribution is -2.09. The first-order chi connectivity index (χ1) is 9.59. The number of fused-ring (bicyclic) bond motifs is 1. The number of nitrogen functional groups attached to an aromatic ring is 1. The maximum absolute atomic E-state index is 12.4. The molecule has 4 nitrogen and oxygen atoms in total. The quantitative estimate of drug-likeness (QED) is 0.880. The summed E-state index contributed by atoms with van der Waals surface area (Å²) in [6.07, 6.45) is 1.59. The summed E-state index contributed by atoms with van der Waals surface area (Å²) < 4.78 is 30.2. The van der Waals surface area contributed by atoms with E-state index in [-0.39, 0.29) is 16.4 Å². The van der Waals surface area contributed by atoms with Gasteiger partial charge in [0, 0.05) is 11.3 Å². The number of hydrogen-bond donors (Lipinski definition) is 1. The summed E-state index contributed by atoms with van der Waals surface area (Å²) >= 11 is 0. The van der Waals surface area contributed by atoms with Crippen LogP contribution in [0.15, 0.2) is 58.3 Å². The minimum absolute atomic E-state index is 0.000463. The second-order valence-corrected chi connectivity index (χ2v) is 6.45. The summed E-state index contributed by atoms with van der Waals surface area (Å²) in [4.78, 5) is 0.485. The van der Waals surface area contributed by atoms with Crippen LogP contribution >= 0.6 is 0 Å². The Morgan fingerprint density at radius 3 is 2.45 bits per heavy atom. The molecular formula is C15H13NO3S. The van der Waals surface area contributed by atoms with E-state index >= 15 is 0 Å². The molecule has 0 aliphatic carbocycles. The van der Waals surface area contributed by atoms with E-state index in [9.17, 15) is 8.42 Å². The van der Waals surface area contributed by atoms with Gasteiger partial charge in [-0.05, 0) is 30.3 Å². The molecule has 3 rings (SSSR count). The zero-order chi connectivity index (χ0) is 14.2. The van der Waals surface area contributed by atoms with Crippen LogP contribution in [-0.2, 0) is 9.84 Å². The molecule has 20 heavy (non-hydrogen) atoms. The van der Waals surface area contributed by atoms with Crippen molar-refractivity contribution in [1.82, 2.24) is 0 Å². The Balaban J connectivity index is 1.89. The largest absolute Gasteiger partial charge is 0.488 e. The Kier molecular flexibility index (Phi) is 2.99. The number of ether oxygens (including phenoxy) is 1. The average Bonchev–Trinajstić information content (AvgIpc) is 2.71. The van der Waals surface area contributed by atoms with Gasteiger partial charge in [0.15, 0.2) is 0 Å². The van der Waals surface area contributed by atoms with Crippen molar-refractivity contribution in [3.63, 3.8) is 0 Å².